The molecule has 2 aromatic carbocycles. The number of hydrogen-bond acceptors (Lipinski definition) is 2. The monoisotopic (exact) mass is 348 g/mol. The summed E-state index contributed by atoms with van der Waals surface area (Å²) < 4.78 is 0. The van der Waals surface area contributed by atoms with Crippen molar-refractivity contribution in [2.45, 2.75) is 19.4 Å². The van der Waals surface area contributed by atoms with Gasteiger partial charge in [-0.05, 0) is 55.8 Å². The van der Waals surface area contributed by atoms with E-state index in [2.05, 4.69) is 10.2 Å². The first kappa shape index (κ1) is 16.3. The summed E-state index contributed by atoms with van der Waals surface area (Å²) in [6.45, 7) is 3.26. The fourth-order valence-electron chi connectivity index (χ4n) is 2.76. The second kappa shape index (κ2) is 7.35. The lowest BCUT2D eigenvalue weighted by Gasteiger charge is -2.14. The third kappa shape index (κ3) is 4.05. The molecule has 0 atom stereocenters. The first-order valence-electron chi connectivity index (χ1n) is 7.70. The van der Waals surface area contributed by atoms with Crippen molar-refractivity contribution >= 4 is 34.8 Å². The Balaban J connectivity index is 1.67. The smallest absolute Gasteiger partial charge is 0.255 e. The van der Waals surface area contributed by atoms with Crippen molar-refractivity contribution in [3.05, 3.63) is 63.6 Å². The fraction of sp³-hybridized carbons (Fsp3) is 0.278. The average molecular weight is 349 g/mol. The molecule has 0 spiro atoms. The lowest BCUT2D eigenvalue weighted by atomic mass is 10.1. The minimum absolute atomic E-state index is 0.215. The van der Waals surface area contributed by atoms with Gasteiger partial charge in [-0.15, -0.1) is 0 Å². The highest BCUT2D eigenvalue weighted by atomic mass is 35.5. The van der Waals surface area contributed by atoms with Gasteiger partial charge in [0, 0.05) is 12.1 Å². The summed E-state index contributed by atoms with van der Waals surface area (Å²) in [7, 11) is 0. The van der Waals surface area contributed by atoms with Crippen LogP contribution in [0.1, 0.15) is 28.8 Å². The molecule has 1 heterocycles. The molecule has 2 aromatic rings. The SMILES string of the molecule is O=C(Nc1c(Cl)cccc1Cl)c1ccc(CN2CCCC2)cc1. The number of anilines is 1. The van der Waals surface area contributed by atoms with E-state index in [-0.39, 0.29) is 5.91 Å². The van der Waals surface area contributed by atoms with Gasteiger partial charge in [-0.25, -0.2) is 0 Å². The number of carbonyl (C=O) groups is 1. The van der Waals surface area contributed by atoms with E-state index in [0.29, 0.717) is 21.3 Å². The minimum atomic E-state index is -0.215. The van der Waals surface area contributed by atoms with Crippen LogP contribution in [0.3, 0.4) is 0 Å². The molecule has 0 unspecified atom stereocenters. The summed E-state index contributed by atoms with van der Waals surface area (Å²) in [6.07, 6.45) is 2.55. The Labute approximate surface area is 146 Å². The Bertz CT molecular complexity index is 674. The molecule has 3 nitrogen and oxygen atoms in total. The van der Waals surface area contributed by atoms with Crippen LogP contribution >= 0.6 is 23.2 Å². The van der Waals surface area contributed by atoms with E-state index in [1.54, 1.807) is 18.2 Å². The predicted molar refractivity (Wildman–Crippen MR) is 95.4 cm³/mol. The van der Waals surface area contributed by atoms with E-state index in [1.165, 1.54) is 18.4 Å². The van der Waals surface area contributed by atoms with Gasteiger partial charge in [0.25, 0.3) is 5.91 Å². The lowest BCUT2D eigenvalue weighted by Crippen LogP contribution is -2.18. The Hall–Kier alpha value is -1.55. The molecule has 1 N–H and O–H groups in total. The quantitative estimate of drug-likeness (QED) is 0.857. The average Bonchev–Trinajstić information content (AvgIpc) is 3.04. The number of para-hydroxylation sites is 1. The van der Waals surface area contributed by atoms with E-state index in [0.717, 1.165) is 19.6 Å². The topological polar surface area (TPSA) is 32.3 Å². The molecular weight excluding hydrogens is 331 g/mol. The fourth-order valence-corrected chi connectivity index (χ4v) is 3.26. The van der Waals surface area contributed by atoms with Crippen molar-refractivity contribution in [1.29, 1.82) is 0 Å². The van der Waals surface area contributed by atoms with Crippen LogP contribution in [0.2, 0.25) is 10.0 Å². The number of likely N-dealkylation sites (tertiary alicyclic amines) is 1. The van der Waals surface area contributed by atoms with Crippen LogP contribution in [0, 0.1) is 0 Å². The van der Waals surface area contributed by atoms with Crippen molar-refractivity contribution in [1.82, 2.24) is 4.90 Å². The Morgan fingerprint density at radius 3 is 2.22 bits per heavy atom. The highest BCUT2D eigenvalue weighted by molar-refractivity contribution is 6.40. The molecule has 0 radical (unpaired) electrons. The molecule has 1 fully saturated rings. The van der Waals surface area contributed by atoms with E-state index in [9.17, 15) is 4.79 Å². The van der Waals surface area contributed by atoms with Crippen molar-refractivity contribution in [2.75, 3.05) is 18.4 Å². The van der Waals surface area contributed by atoms with Crippen LogP contribution in [0.4, 0.5) is 5.69 Å². The van der Waals surface area contributed by atoms with Gasteiger partial charge in [-0.1, -0.05) is 41.4 Å². The Morgan fingerprint density at radius 1 is 1.00 bits per heavy atom. The number of carbonyl (C=O) groups excluding carboxylic acids is 1. The zero-order valence-electron chi connectivity index (χ0n) is 12.7. The van der Waals surface area contributed by atoms with Gasteiger partial charge >= 0.3 is 0 Å². The highest BCUT2D eigenvalue weighted by Crippen LogP contribution is 2.30. The molecule has 1 aliphatic heterocycles. The van der Waals surface area contributed by atoms with E-state index >= 15 is 0 Å². The third-order valence-electron chi connectivity index (χ3n) is 4.02. The van der Waals surface area contributed by atoms with Crippen molar-refractivity contribution in [3.63, 3.8) is 0 Å². The summed E-state index contributed by atoms with van der Waals surface area (Å²) >= 11 is 12.2. The predicted octanol–water partition coefficient (Wildman–Crippen LogP) is 4.84. The second-order valence-electron chi connectivity index (χ2n) is 5.73. The molecular formula is C18H18Cl2N2O. The third-order valence-corrected chi connectivity index (χ3v) is 4.65. The second-order valence-corrected chi connectivity index (χ2v) is 6.55. The number of benzene rings is 2. The maximum Gasteiger partial charge on any atom is 0.255 e. The van der Waals surface area contributed by atoms with Gasteiger partial charge in [0.15, 0.2) is 0 Å². The molecule has 5 heteroatoms. The van der Waals surface area contributed by atoms with Gasteiger partial charge in [-0.3, -0.25) is 9.69 Å². The van der Waals surface area contributed by atoms with Crippen LogP contribution in [0.15, 0.2) is 42.5 Å². The largest absolute Gasteiger partial charge is 0.319 e. The lowest BCUT2D eigenvalue weighted by molar-refractivity contribution is 0.102. The van der Waals surface area contributed by atoms with Crippen LogP contribution in [0.5, 0.6) is 0 Å². The number of nitrogens with one attached hydrogen (secondary N) is 1. The summed E-state index contributed by atoms with van der Waals surface area (Å²) in [4.78, 5) is 14.8. The molecule has 0 bridgehead atoms. The van der Waals surface area contributed by atoms with Gasteiger partial charge < -0.3 is 5.32 Å². The van der Waals surface area contributed by atoms with Gasteiger partial charge in [0.1, 0.15) is 0 Å². The van der Waals surface area contributed by atoms with Crippen LogP contribution in [0.25, 0.3) is 0 Å². The zero-order valence-corrected chi connectivity index (χ0v) is 14.2. The molecule has 1 amide bonds. The van der Waals surface area contributed by atoms with Crippen LogP contribution in [-0.4, -0.2) is 23.9 Å². The normalized spacial score (nSPS) is 14.9. The minimum Gasteiger partial charge on any atom is -0.319 e. The molecule has 1 aliphatic rings. The zero-order chi connectivity index (χ0) is 16.2. The van der Waals surface area contributed by atoms with Gasteiger partial charge in [0.05, 0.1) is 15.7 Å². The number of rotatable bonds is 4. The Kier molecular flexibility index (Phi) is 5.21. The summed E-state index contributed by atoms with van der Waals surface area (Å²) in [5, 5.41) is 3.63. The van der Waals surface area contributed by atoms with Gasteiger partial charge in [0.2, 0.25) is 0 Å². The molecule has 120 valence electrons. The molecule has 3 rings (SSSR count). The van der Waals surface area contributed by atoms with Crippen LogP contribution < -0.4 is 5.32 Å². The molecule has 0 saturated carbocycles. The first-order valence-corrected chi connectivity index (χ1v) is 8.46. The highest BCUT2D eigenvalue weighted by Gasteiger charge is 2.13. The summed E-state index contributed by atoms with van der Waals surface area (Å²) in [5.41, 5.74) is 2.26. The van der Waals surface area contributed by atoms with Crippen molar-refractivity contribution in [3.8, 4) is 0 Å². The molecule has 23 heavy (non-hydrogen) atoms. The molecule has 0 aromatic heterocycles. The maximum atomic E-state index is 12.3. The van der Waals surface area contributed by atoms with Crippen LogP contribution in [-0.2, 0) is 6.54 Å². The van der Waals surface area contributed by atoms with Crippen molar-refractivity contribution in [2.24, 2.45) is 0 Å². The number of hydrogen-bond donors (Lipinski definition) is 1. The van der Waals surface area contributed by atoms with E-state index in [4.69, 9.17) is 23.2 Å². The van der Waals surface area contributed by atoms with Gasteiger partial charge in [-0.2, -0.15) is 0 Å². The molecule has 1 saturated heterocycles. The summed E-state index contributed by atoms with van der Waals surface area (Å²) in [5.74, 6) is -0.215. The van der Waals surface area contributed by atoms with E-state index in [1.807, 2.05) is 24.3 Å². The number of amides is 1. The van der Waals surface area contributed by atoms with Crippen molar-refractivity contribution < 1.29 is 4.79 Å². The number of nitrogens with zero attached hydrogens (tertiary/aromatic N) is 1. The van der Waals surface area contributed by atoms with E-state index < -0.39 is 0 Å². The summed E-state index contributed by atoms with van der Waals surface area (Å²) in [6, 6.07) is 12.8. The maximum absolute atomic E-state index is 12.3. The first-order chi connectivity index (χ1) is 11.1. The molecule has 0 aliphatic carbocycles. The number of halogens is 2. The Morgan fingerprint density at radius 2 is 1.61 bits per heavy atom. The standard InChI is InChI=1S/C18H18Cl2N2O/c19-15-4-3-5-16(20)17(15)21-18(23)14-8-6-13(7-9-14)12-22-10-1-2-11-22/h3-9H,1-2,10-12H2,(H,21,23).